The van der Waals surface area contributed by atoms with Gasteiger partial charge in [-0.1, -0.05) is 6.07 Å². The summed E-state index contributed by atoms with van der Waals surface area (Å²) in [4.78, 5) is 23.9. The number of nitrogens with zero attached hydrogens (tertiary/aromatic N) is 1. The van der Waals surface area contributed by atoms with Gasteiger partial charge in [0.25, 0.3) is 0 Å². The van der Waals surface area contributed by atoms with Crippen molar-refractivity contribution >= 4 is 17.9 Å². The number of benzene rings is 3. The molecule has 2 N–H and O–H groups in total. The average molecular weight is 582 g/mol. The predicted octanol–water partition coefficient (Wildman–Crippen LogP) is 6.78. The van der Waals surface area contributed by atoms with Crippen LogP contribution in [0.5, 0.6) is 5.75 Å². The van der Waals surface area contributed by atoms with Gasteiger partial charge in [-0.05, 0) is 124 Å². The van der Waals surface area contributed by atoms with Crippen LogP contribution >= 0.6 is 0 Å². The van der Waals surface area contributed by atoms with Crippen LogP contribution in [0.1, 0.15) is 70.9 Å². The lowest BCUT2D eigenvalue weighted by molar-refractivity contribution is -0.136. The molecule has 0 fully saturated rings. The lowest BCUT2D eigenvalue weighted by Crippen LogP contribution is -2.14. The molecule has 0 atom stereocenters. The fraction of sp³-hybridized carbons (Fsp3) is 0.412. The maximum Gasteiger partial charge on any atom is 0.307 e. The number of carboxylic acid groups (broad SMARTS) is 1. The van der Waals surface area contributed by atoms with Gasteiger partial charge in [-0.3, -0.25) is 9.59 Å². The number of hydrogen-bond donors (Lipinski definition) is 2. The molecule has 0 amide bonds. The zero-order valence-electron chi connectivity index (χ0n) is 25.5. The number of aliphatic carboxylic acids is 1. The zero-order chi connectivity index (χ0) is 31.4. The van der Waals surface area contributed by atoms with E-state index >= 15 is 0 Å². The summed E-state index contributed by atoms with van der Waals surface area (Å²) in [5.74, 6) is -1.23. The molecule has 0 aliphatic carbocycles. The molecule has 3 aromatic rings. The summed E-state index contributed by atoms with van der Waals surface area (Å²) >= 11 is 0. The van der Waals surface area contributed by atoms with Crippen LogP contribution in [0, 0.1) is 32.4 Å². The molecule has 6 nitrogen and oxygen atoms in total. The van der Waals surface area contributed by atoms with Crippen molar-refractivity contribution < 1.29 is 33.3 Å². The standard InChI is InChI=1S/C22H24FNO3.C8H7FO.C4H10O/c1-12-9-19-15(6-7-24(19)3)21(16(12)11-20(25)26)17-10-18(23)22-14(13(17)2)5-4-8-27-22;1-6-2-3-8(9)4-7(6)5-10;1-4(2,3)5/h9-10H,4-8,11H2,1-3H3,(H,25,26);2-5H,1H3;5H,1-3H3. The first-order valence-corrected chi connectivity index (χ1v) is 14.1. The van der Waals surface area contributed by atoms with Crippen molar-refractivity contribution in [3.05, 3.63) is 80.9 Å². The Bertz CT molecular complexity index is 1470. The third-order valence-electron chi connectivity index (χ3n) is 7.25. The number of anilines is 1. The van der Waals surface area contributed by atoms with Gasteiger partial charge in [-0.25, -0.2) is 8.78 Å². The highest BCUT2D eigenvalue weighted by atomic mass is 19.1. The second kappa shape index (κ2) is 13.5. The van der Waals surface area contributed by atoms with Crippen LogP contribution in [-0.4, -0.2) is 48.3 Å². The molecule has 2 aliphatic rings. The molecule has 8 heteroatoms. The fourth-order valence-electron chi connectivity index (χ4n) is 5.24. The molecule has 0 aromatic heterocycles. The Morgan fingerprint density at radius 2 is 1.71 bits per heavy atom. The molecule has 3 aromatic carbocycles. The number of hydrogen-bond acceptors (Lipinski definition) is 5. The lowest BCUT2D eigenvalue weighted by atomic mass is 9.84. The number of fused-ring (bicyclic) bond motifs is 2. The van der Waals surface area contributed by atoms with Gasteiger partial charge in [0.1, 0.15) is 12.1 Å². The van der Waals surface area contributed by atoms with Crippen LogP contribution in [0.15, 0.2) is 30.3 Å². The molecule has 2 heterocycles. The first-order valence-electron chi connectivity index (χ1n) is 14.1. The first kappa shape index (κ1) is 32.7. The molecule has 0 saturated heterocycles. The van der Waals surface area contributed by atoms with Gasteiger partial charge in [0.15, 0.2) is 11.6 Å². The highest BCUT2D eigenvalue weighted by molar-refractivity contribution is 5.86. The van der Waals surface area contributed by atoms with Gasteiger partial charge in [-0.15, -0.1) is 0 Å². The monoisotopic (exact) mass is 581 g/mol. The van der Waals surface area contributed by atoms with E-state index in [2.05, 4.69) is 11.0 Å². The van der Waals surface area contributed by atoms with E-state index in [4.69, 9.17) is 9.84 Å². The second-order valence-corrected chi connectivity index (χ2v) is 11.9. The molecule has 0 bridgehead atoms. The Morgan fingerprint density at radius 1 is 1.05 bits per heavy atom. The third kappa shape index (κ3) is 7.94. The Labute approximate surface area is 247 Å². The highest BCUT2D eigenvalue weighted by Gasteiger charge is 2.28. The molecule has 226 valence electrons. The second-order valence-electron chi connectivity index (χ2n) is 11.9. The zero-order valence-corrected chi connectivity index (χ0v) is 25.5. The minimum atomic E-state index is -0.870. The van der Waals surface area contributed by atoms with E-state index in [-0.39, 0.29) is 18.1 Å². The van der Waals surface area contributed by atoms with Crippen LogP contribution in [0.4, 0.5) is 14.5 Å². The number of aldehydes is 1. The summed E-state index contributed by atoms with van der Waals surface area (Å²) < 4.78 is 32.8. The summed E-state index contributed by atoms with van der Waals surface area (Å²) in [7, 11) is 2.04. The van der Waals surface area contributed by atoms with Crippen molar-refractivity contribution in [3.63, 3.8) is 0 Å². The van der Waals surface area contributed by atoms with Gasteiger partial charge in [0.2, 0.25) is 0 Å². The number of carbonyl (C=O) groups is 2. The number of carbonyl (C=O) groups excluding carboxylic acids is 1. The number of rotatable bonds is 4. The molecule has 5 rings (SSSR count). The van der Waals surface area contributed by atoms with Crippen LogP contribution < -0.4 is 9.64 Å². The summed E-state index contributed by atoms with van der Waals surface area (Å²) in [5, 5.41) is 18.0. The average Bonchev–Trinajstić information content (AvgIpc) is 3.27. The van der Waals surface area contributed by atoms with Crippen molar-refractivity contribution in [1.82, 2.24) is 0 Å². The van der Waals surface area contributed by atoms with E-state index < -0.39 is 11.6 Å². The number of likely N-dealkylation sites (N-methyl/N-ethyl adjacent to an activating group) is 1. The summed E-state index contributed by atoms with van der Waals surface area (Å²) in [6.45, 7) is 12.4. The Balaban J connectivity index is 0.000000266. The van der Waals surface area contributed by atoms with Crippen molar-refractivity contribution in [2.24, 2.45) is 0 Å². The number of ether oxygens (including phenoxy) is 1. The van der Waals surface area contributed by atoms with Gasteiger partial charge in [0, 0.05) is 30.4 Å². The quantitative estimate of drug-likeness (QED) is 0.331. The number of carboxylic acids is 1. The minimum Gasteiger partial charge on any atom is -0.490 e. The molecule has 0 unspecified atom stereocenters. The third-order valence-corrected chi connectivity index (χ3v) is 7.25. The highest BCUT2D eigenvalue weighted by Crippen LogP contribution is 2.44. The number of aryl methyl sites for hydroxylation is 2. The molecular weight excluding hydrogens is 540 g/mol. The smallest absolute Gasteiger partial charge is 0.307 e. The van der Waals surface area contributed by atoms with Gasteiger partial charge in [0.05, 0.1) is 18.6 Å². The van der Waals surface area contributed by atoms with E-state index in [1.165, 1.54) is 18.2 Å². The molecule has 0 saturated carbocycles. The molecular formula is C34H41F2NO5. The Hall–Kier alpha value is -3.78. The van der Waals surface area contributed by atoms with E-state index in [9.17, 15) is 23.5 Å². The normalized spacial score (nSPS) is 13.5. The predicted molar refractivity (Wildman–Crippen MR) is 162 cm³/mol. The van der Waals surface area contributed by atoms with E-state index in [0.717, 1.165) is 76.0 Å². The largest absolute Gasteiger partial charge is 0.490 e. The number of halogens is 2. The van der Waals surface area contributed by atoms with Crippen LogP contribution in [0.3, 0.4) is 0 Å². The SMILES string of the molecule is CC(C)(C)O.Cc1cc2c(c(-c3cc(F)c4c(c3C)CCCO4)c1CC(=O)O)CCN2C.Cc1ccc(F)cc1C=O. The molecule has 2 aliphatic heterocycles. The molecule has 0 radical (unpaired) electrons. The molecule has 42 heavy (non-hydrogen) atoms. The summed E-state index contributed by atoms with van der Waals surface area (Å²) in [6.07, 6.45) is 3.08. The van der Waals surface area contributed by atoms with Gasteiger partial charge >= 0.3 is 5.97 Å². The first-order chi connectivity index (χ1) is 19.6. The maximum atomic E-state index is 14.9. The van der Waals surface area contributed by atoms with Crippen LogP contribution in [0.2, 0.25) is 0 Å². The van der Waals surface area contributed by atoms with Crippen LogP contribution in [-0.2, 0) is 24.1 Å². The van der Waals surface area contributed by atoms with E-state index in [0.29, 0.717) is 24.2 Å². The van der Waals surface area contributed by atoms with Crippen LogP contribution in [0.25, 0.3) is 11.1 Å². The lowest BCUT2D eigenvalue weighted by Gasteiger charge is -2.25. The van der Waals surface area contributed by atoms with Crippen molar-refractivity contribution in [1.29, 1.82) is 0 Å². The van der Waals surface area contributed by atoms with E-state index in [1.807, 2.05) is 20.9 Å². The number of aliphatic hydroxyl groups is 1. The van der Waals surface area contributed by atoms with Gasteiger partial charge in [-0.2, -0.15) is 0 Å². The Kier molecular flexibility index (Phi) is 10.5. The van der Waals surface area contributed by atoms with Crippen molar-refractivity contribution in [3.8, 4) is 16.9 Å². The maximum absolute atomic E-state index is 14.9. The minimum absolute atomic E-state index is 0.0627. The Morgan fingerprint density at radius 3 is 2.31 bits per heavy atom. The van der Waals surface area contributed by atoms with Gasteiger partial charge < -0.3 is 19.8 Å². The van der Waals surface area contributed by atoms with Crippen molar-refractivity contribution in [2.45, 2.75) is 72.8 Å². The topological polar surface area (TPSA) is 87.1 Å². The molecule has 0 spiro atoms. The van der Waals surface area contributed by atoms with Crippen molar-refractivity contribution in [2.75, 3.05) is 25.1 Å². The summed E-state index contributed by atoms with van der Waals surface area (Å²) in [6, 6.07) is 7.75. The van der Waals surface area contributed by atoms with E-state index in [1.54, 1.807) is 33.8 Å². The summed E-state index contributed by atoms with van der Waals surface area (Å²) in [5.41, 5.74) is 8.31. The fourth-order valence-corrected chi connectivity index (χ4v) is 5.24.